The molecule has 0 saturated carbocycles. The normalized spacial score (nSPS) is 14.3. The maximum atomic E-state index is 5.09. The van der Waals surface area contributed by atoms with E-state index in [0.717, 1.165) is 14.6 Å². The lowest BCUT2D eigenvalue weighted by Crippen LogP contribution is -1.93. The van der Waals surface area contributed by atoms with Crippen molar-refractivity contribution in [3.05, 3.63) is 9.85 Å². The van der Waals surface area contributed by atoms with Crippen LogP contribution in [-0.4, -0.2) is 6.79 Å². The first-order valence-electron chi connectivity index (χ1n) is 2.41. The Morgan fingerprint density at radius 2 is 2.44 bits per heavy atom. The van der Waals surface area contributed by atoms with Crippen LogP contribution in [0.15, 0.2) is 9.85 Å². The van der Waals surface area contributed by atoms with Gasteiger partial charge >= 0.3 is 0 Å². The first-order valence-corrected chi connectivity index (χ1v) is 4.02. The van der Waals surface area contributed by atoms with Crippen molar-refractivity contribution in [1.82, 2.24) is 0 Å². The van der Waals surface area contributed by atoms with E-state index in [-0.39, 0.29) is 0 Å². The SMILES string of the molecule is Brc1cc2c(s1)OCO2. The zero-order valence-corrected chi connectivity index (χ0v) is 6.79. The van der Waals surface area contributed by atoms with Gasteiger partial charge in [0.2, 0.25) is 11.9 Å². The average molecular weight is 207 g/mol. The highest BCUT2D eigenvalue weighted by Gasteiger charge is 2.15. The summed E-state index contributed by atoms with van der Waals surface area (Å²) in [5, 5.41) is 0.877. The summed E-state index contributed by atoms with van der Waals surface area (Å²) >= 11 is 4.86. The van der Waals surface area contributed by atoms with Crippen LogP contribution in [0.25, 0.3) is 0 Å². The zero-order chi connectivity index (χ0) is 6.27. The van der Waals surface area contributed by atoms with Crippen LogP contribution in [-0.2, 0) is 0 Å². The Morgan fingerprint density at radius 1 is 1.56 bits per heavy atom. The van der Waals surface area contributed by atoms with Crippen LogP contribution >= 0.6 is 27.3 Å². The first kappa shape index (κ1) is 5.56. The van der Waals surface area contributed by atoms with Gasteiger partial charge in [0.05, 0.1) is 3.79 Å². The molecule has 0 N–H and O–H groups in total. The predicted octanol–water partition coefficient (Wildman–Crippen LogP) is 2.24. The average Bonchev–Trinajstić information content (AvgIpc) is 2.22. The largest absolute Gasteiger partial charge is 0.453 e. The second kappa shape index (κ2) is 1.88. The van der Waals surface area contributed by atoms with Crippen molar-refractivity contribution in [2.75, 3.05) is 6.79 Å². The molecule has 1 aliphatic heterocycles. The van der Waals surface area contributed by atoms with E-state index in [9.17, 15) is 0 Å². The number of halogens is 1. The molecular weight excluding hydrogens is 204 g/mol. The van der Waals surface area contributed by atoms with E-state index in [1.54, 1.807) is 11.3 Å². The summed E-state index contributed by atoms with van der Waals surface area (Å²) in [6.45, 7) is 0.369. The van der Waals surface area contributed by atoms with Crippen LogP contribution in [0.3, 0.4) is 0 Å². The van der Waals surface area contributed by atoms with Crippen molar-refractivity contribution < 1.29 is 9.47 Å². The molecule has 2 rings (SSSR count). The monoisotopic (exact) mass is 206 g/mol. The molecule has 48 valence electrons. The summed E-state index contributed by atoms with van der Waals surface area (Å²) in [6, 6.07) is 1.91. The molecule has 0 spiro atoms. The number of ether oxygens (including phenoxy) is 2. The van der Waals surface area contributed by atoms with Gasteiger partial charge in [-0.05, 0) is 15.9 Å². The van der Waals surface area contributed by atoms with Crippen molar-refractivity contribution in [2.45, 2.75) is 0 Å². The molecule has 0 atom stereocenters. The Labute approximate surface area is 64.5 Å². The third kappa shape index (κ3) is 0.822. The first-order chi connectivity index (χ1) is 4.36. The molecule has 0 radical (unpaired) electrons. The minimum absolute atomic E-state index is 0.369. The van der Waals surface area contributed by atoms with Crippen molar-refractivity contribution in [2.24, 2.45) is 0 Å². The smallest absolute Gasteiger partial charge is 0.232 e. The minimum Gasteiger partial charge on any atom is -0.453 e. The number of fused-ring (bicyclic) bond motifs is 1. The van der Waals surface area contributed by atoms with Gasteiger partial charge in [-0.3, -0.25) is 0 Å². The lowest BCUT2D eigenvalue weighted by atomic mass is 10.6. The van der Waals surface area contributed by atoms with Gasteiger partial charge in [-0.1, -0.05) is 11.3 Å². The predicted molar refractivity (Wildman–Crippen MR) is 38.1 cm³/mol. The topological polar surface area (TPSA) is 18.5 Å². The van der Waals surface area contributed by atoms with Crippen LogP contribution in [0.4, 0.5) is 0 Å². The van der Waals surface area contributed by atoms with E-state index in [1.165, 1.54) is 0 Å². The second-order valence-electron chi connectivity index (χ2n) is 1.61. The fourth-order valence-corrected chi connectivity index (χ4v) is 2.00. The fourth-order valence-electron chi connectivity index (χ4n) is 0.678. The third-order valence-corrected chi connectivity index (χ3v) is 2.57. The van der Waals surface area contributed by atoms with E-state index >= 15 is 0 Å². The number of rotatable bonds is 0. The third-order valence-electron chi connectivity index (χ3n) is 1.04. The molecule has 1 aromatic heterocycles. The lowest BCUT2D eigenvalue weighted by molar-refractivity contribution is 0.175. The lowest BCUT2D eigenvalue weighted by Gasteiger charge is -1.87. The summed E-state index contributed by atoms with van der Waals surface area (Å²) in [5.74, 6) is 0.854. The maximum absolute atomic E-state index is 5.09. The van der Waals surface area contributed by atoms with Gasteiger partial charge in [0.25, 0.3) is 0 Å². The van der Waals surface area contributed by atoms with Crippen molar-refractivity contribution in [3.8, 4) is 10.8 Å². The Hall–Kier alpha value is -0.220. The van der Waals surface area contributed by atoms with Gasteiger partial charge in [-0.25, -0.2) is 0 Å². The van der Waals surface area contributed by atoms with Gasteiger partial charge < -0.3 is 9.47 Å². The Bertz CT molecular complexity index is 211. The van der Waals surface area contributed by atoms with E-state index in [0.29, 0.717) is 6.79 Å². The van der Waals surface area contributed by atoms with Crippen LogP contribution in [0.5, 0.6) is 10.8 Å². The number of thiophene rings is 1. The van der Waals surface area contributed by atoms with E-state index < -0.39 is 0 Å². The summed E-state index contributed by atoms with van der Waals surface area (Å²) in [4.78, 5) is 0. The molecule has 4 heteroatoms. The number of hydrogen-bond acceptors (Lipinski definition) is 3. The van der Waals surface area contributed by atoms with Gasteiger partial charge in [0.15, 0.2) is 5.75 Å². The highest BCUT2D eigenvalue weighted by Crippen LogP contribution is 2.42. The molecule has 0 saturated heterocycles. The Morgan fingerprint density at radius 3 is 3.22 bits per heavy atom. The van der Waals surface area contributed by atoms with E-state index in [4.69, 9.17) is 9.47 Å². The molecule has 1 aliphatic rings. The van der Waals surface area contributed by atoms with Crippen molar-refractivity contribution >= 4 is 27.3 Å². The fraction of sp³-hybridized carbons (Fsp3) is 0.200. The van der Waals surface area contributed by atoms with Crippen LogP contribution < -0.4 is 9.47 Å². The quantitative estimate of drug-likeness (QED) is 0.649. The molecule has 1 aromatic rings. The molecule has 0 aromatic carbocycles. The highest BCUT2D eigenvalue weighted by atomic mass is 79.9. The Kier molecular flexibility index (Phi) is 1.16. The van der Waals surface area contributed by atoms with Gasteiger partial charge in [-0.2, -0.15) is 0 Å². The molecule has 0 bridgehead atoms. The second-order valence-corrected chi connectivity index (χ2v) is 4.00. The molecule has 0 amide bonds. The van der Waals surface area contributed by atoms with E-state index in [1.807, 2.05) is 6.07 Å². The summed E-state index contributed by atoms with van der Waals surface area (Å²) in [6.07, 6.45) is 0. The van der Waals surface area contributed by atoms with Crippen molar-refractivity contribution in [3.63, 3.8) is 0 Å². The maximum Gasteiger partial charge on any atom is 0.232 e. The van der Waals surface area contributed by atoms with Gasteiger partial charge in [-0.15, -0.1) is 0 Å². The van der Waals surface area contributed by atoms with E-state index in [2.05, 4.69) is 15.9 Å². The molecule has 2 nitrogen and oxygen atoms in total. The summed E-state index contributed by atoms with van der Waals surface area (Å²) in [7, 11) is 0. The number of hydrogen-bond donors (Lipinski definition) is 0. The van der Waals surface area contributed by atoms with Gasteiger partial charge in [0, 0.05) is 6.07 Å². The molecule has 0 aliphatic carbocycles. The standard InChI is InChI=1S/C5H3BrO2S/c6-4-1-3-5(9-4)8-2-7-3/h1H,2H2. The molecule has 9 heavy (non-hydrogen) atoms. The van der Waals surface area contributed by atoms with Crippen LogP contribution in [0.1, 0.15) is 0 Å². The minimum atomic E-state index is 0.369. The Balaban J connectivity index is 2.51. The van der Waals surface area contributed by atoms with Crippen LogP contribution in [0.2, 0.25) is 0 Å². The van der Waals surface area contributed by atoms with Crippen molar-refractivity contribution in [1.29, 1.82) is 0 Å². The molecular formula is C5H3BrO2S. The highest BCUT2D eigenvalue weighted by molar-refractivity contribution is 9.11. The molecule has 0 unspecified atom stereocenters. The molecule has 0 fully saturated rings. The summed E-state index contributed by atoms with van der Waals surface area (Å²) in [5.41, 5.74) is 0. The molecule has 2 heterocycles. The van der Waals surface area contributed by atoms with Crippen LogP contribution in [0, 0.1) is 0 Å². The summed E-state index contributed by atoms with van der Waals surface area (Å²) < 4.78 is 11.2. The zero-order valence-electron chi connectivity index (χ0n) is 4.39. The van der Waals surface area contributed by atoms with Gasteiger partial charge in [0.1, 0.15) is 0 Å².